The topological polar surface area (TPSA) is 73.2 Å². The third kappa shape index (κ3) is 3.77. The van der Waals surface area contributed by atoms with E-state index in [9.17, 15) is 8.42 Å². The van der Waals surface area contributed by atoms with E-state index in [4.69, 9.17) is 5.26 Å². The van der Waals surface area contributed by atoms with Gasteiger partial charge in [0, 0.05) is 19.1 Å². The average molecular weight is 279 g/mol. The highest BCUT2D eigenvalue weighted by Gasteiger charge is 2.25. The van der Waals surface area contributed by atoms with Crippen LogP contribution in [0.5, 0.6) is 0 Å². The SMILES string of the molecule is CN(CCNS(=O)(=O)c1ccc(C#N)cc1)C1CC1. The minimum atomic E-state index is -3.47. The molecule has 0 unspecified atom stereocenters. The summed E-state index contributed by atoms with van der Waals surface area (Å²) < 4.78 is 26.5. The van der Waals surface area contributed by atoms with Crippen LogP contribution in [0.1, 0.15) is 18.4 Å². The van der Waals surface area contributed by atoms with Gasteiger partial charge < -0.3 is 4.90 Å². The fraction of sp³-hybridized carbons (Fsp3) is 0.462. The van der Waals surface area contributed by atoms with Gasteiger partial charge in [0.15, 0.2) is 0 Å². The molecule has 102 valence electrons. The Hall–Kier alpha value is -1.42. The number of likely N-dealkylation sites (N-methyl/N-ethyl adjacent to an activating group) is 1. The van der Waals surface area contributed by atoms with E-state index in [-0.39, 0.29) is 4.90 Å². The number of nitriles is 1. The molecule has 19 heavy (non-hydrogen) atoms. The normalized spacial score (nSPS) is 15.4. The van der Waals surface area contributed by atoms with Gasteiger partial charge >= 0.3 is 0 Å². The summed E-state index contributed by atoms with van der Waals surface area (Å²) in [6.45, 7) is 1.11. The van der Waals surface area contributed by atoms with Crippen LogP contribution in [-0.2, 0) is 10.0 Å². The molecular weight excluding hydrogens is 262 g/mol. The van der Waals surface area contributed by atoms with E-state index in [2.05, 4.69) is 9.62 Å². The molecule has 0 atom stereocenters. The Morgan fingerprint density at radius 2 is 2.00 bits per heavy atom. The number of sulfonamides is 1. The first-order valence-corrected chi connectivity index (χ1v) is 7.71. The van der Waals surface area contributed by atoms with E-state index < -0.39 is 10.0 Å². The Kier molecular flexibility index (Phi) is 4.20. The molecule has 0 radical (unpaired) electrons. The summed E-state index contributed by atoms with van der Waals surface area (Å²) in [5.41, 5.74) is 0.451. The third-order valence-electron chi connectivity index (χ3n) is 3.22. The molecule has 0 spiro atoms. The fourth-order valence-electron chi connectivity index (χ4n) is 1.85. The summed E-state index contributed by atoms with van der Waals surface area (Å²) in [7, 11) is -1.46. The maximum absolute atomic E-state index is 12.0. The highest BCUT2D eigenvalue weighted by molar-refractivity contribution is 7.89. The number of nitrogens with zero attached hydrogens (tertiary/aromatic N) is 2. The van der Waals surface area contributed by atoms with Crippen molar-refractivity contribution in [3.8, 4) is 6.07 Å². The molecule has 0 heterocycles. The lowest BCUT2D eigenvalue weighted by molar-refractivity contribution is 0.329. The second-order valence-corrected chi connectivity index (χ2v) is 6.51. The Bertz CT molecular complexity index is 571. The molecule has 0 bridgehead atoms. The van der Waals surface area contributed by atoms with E-state index >= 15 is 0 Å². The van der Waals surface area contributed by atoms with Crippen LogP contribution in [-0.4, -0.2) is 39.5 Å². The maximum Gasteiger partial charge on any atom is 0.240 e. The van der Waals surface area contributed by atoms with Gasteiger partial charge in [0.25, 0.3) is 0 Å². The van der Waals surface area contributed by atoms with Gasteiger partial charge in [-0.2, -0.15) is 5.26 Å². The van der Waals surface area contributed by atoms with Crippen LogP contribution < -0.4 is 4.72 Å². The number of benzene rings is 1. The van der Waals surface area contributed by atoms with E-state index in [0.717, 1.165) is 0 Å². The lowest BCUT2D eigenvalue weighted by Crippen LogP contribution is -2.33. The van der Waals surface area contributed by atoms with Gasteiger partial charge in [0.05, 0.1) is 16.5 Å². The molecule has 1 aromatic carbocycles. The Balaban J connectivity index is 1.91. The number of hydrogen-bond donors (Lipinski definition) is 1. The second-order valence-electron chi connectivity index (χ2n) is 4.75. The summed E-state index contributed by atoms with van der Waals surface area (Å²) in [5, 5.41) is 8.67. The predicted molar refractivity (Wildman–Crippen MR) is 72.0 cm³/mol. The Morgan fingerprint density at radius 3 is 2.53 bits per heavy atom. The molecule has 1 aliphatic rings. The highest BCUT2D eigenvalue weighted by Crippen LogP contribution is 2.24. The summed E-state index contributed by atoms with van der Waals surface area (Å²) in [6, 6.07) is 8.50. The van der Waals surface area contributed by atoms with Crippen LogP contribution >= 0.6 is 0 Å². The van der Waals surface area contributed by atoms with Crippen LogP contribution in [0.3, 0.4) is 0 Å². The van der Waals surface area contributed by atoms with Gasteiger partial charge in [0.1, 0.15) is 0 Å². The molecule has 0 aromatic heterocycles. The van der Waals surface area contributed by atoms with E-state index in [1.807, 2.05) is 13.1 Å². The lowest BCUT2D eigenvalue weighted by Gasteiger charge is -2.15. The summed E-state index contributed by atoms with van der Waals surface area (Å²) in [5.74, 6) is 0. The molecule has 0 saturated heterocycles. The highest BCUT2D eigenvalue weighted by atomic mass is 32.2. The first-order valence-electron chi connectivity index (χ1n) is 6.23. The van der Waals surface area contributed by atoms with Gasteiger partial charge in [-0.3, -0.25) is 0 Å². The lowest BCUT2D eigenvalue weighted by atomic mass is 10.2. The van der Waals surface area contributed by atoms with Gasteiger partial charge in [0.2, 0.25) is 10.0 Å². The standard InChI is InChI=1S/C13H17N3O2S/c1-16(12-4-5-12)9-8-15-19(17,18)13-6-2-11(10-14)3-7-13/h2-3,6-7,12,15H,4-5,8-9H2,1H3. The minimum absolute atomic E-state index is 0.195. The van der Waals surface area contributed by atoms with Crippen molar-refractivity contribution in [2.24, 2.45) is 0 Å². The van der Waals surface area contributed by atoms with Crippen molar-refractivity contribution in [1.29, 1.82) is 5.26 Å². The van der Waals surface area contributed by atoms with E-state index in [0.29, 0.717) is 24.7 Å². The van der Waals surface area contributed by atoms with Gasteiger partial charge in [-0.15, -0.1) is 0 Å². The number of nitrogens with one attached hydrogen (secondary N) is 1. The van der Waals surface area contributed by atoms with Gasteiger partial charge in [-0.05, 0) is 44.2 Å². The fourth-order valence-corrected chi connectivity index (χ4v) is 2.87. The molecule has 1 aliphatic carbocycles. The van der Waals surface area contributed by atoms with Crippen LogP contribution in [0.15, 0.2) is 29.2 Å². The van der Waals surface area contributed by atoms with E-state index in [1.165, 1.54) is 37.1 Å². The van der Waals surface area contributed by atoms with Crippen LogP contribution in [0, 0.1) is 11.3 Å². The first-order chi connectivity index (χ1) is 9.03. The molecule has 1 fully saturated rings. The molecule has 5 nitrogen and oxygen atoms in total. The van der Waals surface area contributed by atoms with Gasteiger partial charge in [-0.25, -0.2) is 13.1 Å². The van der Waals surface area contributed by atoms with Crippen molar-refractivity contribution in [2.75, 3.05) is 20.1 Å². The second kappa shape index (κ2) is 5.70. The largest absolute Gasteiger partial charge is 0.302 e. The summed E-state index contributed by atoms with van der Waals surface area (Å²) in [6.07, 6.45) is 2.41. The number of hydrogen-bond acceptors (Lipinski definition) is 4. The Morgan fingerprint density at radius 1 is 1.37 bits per heavy atom. The summed E-state index contributed by atoms with van der Waals surface area (Å²) in [4.78, 5) is 2.36. The van der Waals surface area contributed by atoms with Crippen molar-refractivity contribution >= 4 is 10.0 Å². The van der Waals surface area contributed by atoms with E-state index in [1.54, 1.807) is 0 Å². The zero-order valence-electron chi connectivity index (χ0n) is 10.8. The van der Waals surface area contributed by atoms with Crippen LogP contribution in [0.25, 0.3) is 0 Å². The number of rotatable bonds is 6. The van der Waals surface area contributed by atoms with Crippen LogP contribution in [0.4, 0.5) is 0 Å². The monoisotopic (exact) mass is 279 g/mol. The smallest absolute Gasteiger partial charge is 0.240 e. The maximum atomic E-state index is 12.0. The van der Waals surface area contributed by atoms with Gasteiger partial charge in [-0.1, -0.05) is 0 Å². The van der Waals surface area contributed by atoms with Crippen molar-refractivity contribution in [2.45, 2.75) is 23.8 Å². The molecule has 0 aliphatic heterocycles. The average Bonchev–Trinajstić information content (AvgIpc) is 3.23. The Labute approximate surface area is 113 Å². The predicted octanol–water partition coefficient (Wildman–Crippen LogP) is 0.931. The minimum Gasteiger partial charge on any atom is -0.302 e. The summed E-state index contributed by atoms with van der Waals surface area (Å²) >= 11 is 0. The molecule has 1 N–H and O–H groups in total. The molecular formula is C13H17N3O2S. The van der Waals surface area contributed by atoms with Crippen LogP contribution in [0.2, 0.25) is 0 Å². The quantitative estimate of drug-likeness (QED) is 0.840. The van der Waals surface area contributed by atoms with Crippen molar-refractivity contribution in [1.82, 2.24) is 9.62 Å². The third-order valence-corrected chi connectivity index (χ3v) is 4.70. The van der Waals surface area contributed by atoms with Crippen molar-refractivity contribution in [3.05, 3.63) is 29.8 Å². The molecule has 1 saturated carbocycles. The molecule has 1 aromatic rings. The molecule has 6 heteroatoms. The first kappa shape index (κ1) is 14.0. The zero-order chi connectivity index (χ0) is 13.9. The van der Waals surface area contributed by atoms with Crippen molar-refractivity contribution in [3.63, 3.8) is 0 Å². The zero-order valence-corrected chi connectivity index (χ0v) is 11.7. The van der Waals surface area contributed by atoms with Crippen molar-refractivity contribution < 1.29 is 8.42 Å². The molecule has 0 amide bonds. The molecule has 2 rings (SSSR count).